The second kappa shape index (κ2) is 9.39. The Balaban J connectivity index is 0.000000171. The van der Waals surface area contributed by atoms with E-state index in [2.05, 4.69) is 21.1 Å². The molecule has 0 aromatic heterocycles. The quantitative estimate of drug-likeness (QED) is 0.793. The summed E-state index contributed by atoms with van der Waals surface area (Å²) in [5.41, 5.74) is 8.16. The van der Waals surface area contributed by atoms with Crippen LogP contribution in [-0.4, -0.2) is 23.2 Å². The van der Waals surface area contributed by atoms with E-state index in [0.717, 1.165) is 22.6 Å². The third-order valence-electron chi connectivity index (χ3n) is 4.80. The summed E-state index contributed by atoms with van der Waals surface area (Å²) in [5.74, 6) is -0.547. The number of carbonyl (C=O) groups excluding carboxylic acids is 2. The van der Waals surface area contributed by atoms with Crippen LogP contribution < -0.4 is 10.9 Å². The smallest absolute Gasteiger partial charge is 0.240 e. The van der Waals surface area contributed by atoms with E-state index in [0.29, 0.717) is 12.8 Å². The number of hydrazone groups is 2. The fourth-order valence-electron chi connectivity index (χ4n) is 3.25. The Kier molecular flexibility index (Phi) is 6.66. The van der Waals surface area contributed by atoms with E-state index >= 15 is 0 Å². The predicted molar refractivity (Wildman–Crippen MR) is 110 cm³/mol. The van der Waals surface area contributed by atoms with Gasteiger partial charge in [-0.05, 0) is 35.4 Å². The third kappa shape index (κ3) is 5.34. The van der Waals surface area contributed by atoms with Crippen LogP contribution in [-0.2, 0) is 9.59 Å². The first kappa shape index (κ1) is 21.3. The molecule has 0 unspecified atom stereocenters. The van der Waals surface area contributed by atoms with Crippen LogP contribution in [0.25, 0.3) is 0 Å². The Bertz CT molecular complexity index is 904. The SMILES string of the molecule is C[C@@H]1CC(=O)NN=C1c1ccc(F)cc1.C[C@H]1CC(=O)NN=C1c1ccc(F)cc1. The van der Waals surface area contributed by atoms with Gasteiger partial charge in [0.15, 0.2) is 0 Å². The molecule has 0 fully saturated rings. The lowest BCUT2D eigenvalue weighted by Gasteiger charge is -2.18. The van der Waals surface area contributed by atoms with Crippen molar-refractivity contribution in [2.45, 2.75) is 26.7 Å². The Morgan fingerprint density at radius 1 is 0.700 bits per heavy atom. The molecule has 6 nitrogen and oxygen atoms in total. The van der Waals surface area contributed by atoms with Crippen molar-refractivity contribution < 1.29 is 18.4 Å². The summed E-state index contributed by atoms with van der Waals surface area (Å²) in [7, 11) is 0. The highest BCUT2D eigenvalue weighted by Gasteiger charge is 2.22. The molecule has 0 aliphatic carbocycles. The number of amides is 2. The second-order valence-electron chi connectivity index (χ2n) is 7.29. The molecule has 156 valence electrons. The molecule has 30 heavy (non-hydrogen) atoms. The molecule has 0 spiro atoms. The summed E-state index contributed by atoms with van der Waals surface area (Å²) in [6.07, 6.45) is 0.854. The highest BCUT2D eigenvalue weighted by Crippen LogP contribution is 2.17. The Morgan fingerprint density at radius 3 is 1.33 bits per heavy atom. The van der Waals surface area contributed by atoms with E-state index in [1.165, 1.54) is 24.3 Å². The van der Waals surface area contributed by atoms with Crippen LogP contribution in [0.1, 0.15) is 37.8 Å². The van der Waals surface area contributed by atoms with Gasteiger partial charge >= 0.3 is 0 Å². The minimum Gasteiger partial charge on any atom is -0.273 e. The van der Waals surface area contributed by atoms with Gasteiger partial charge in [-0.15, -0.1) is 0 Å². The molecule has 2 aromatic carbocycles. The van der Waals surface area contributed by atoms with Crippen molar-refractivity contribution in [3.8, 4) is 0 Å². The number of nitrogens with zero attached hydrogens (tertiary/aromatic N) is 2. The predicted octanol–water partition coefficient (Wildman–Crippen LogP) is 3.37. The zero-order chi connectivity index (χ0) is 21.7. The summed E-state index contributed by atoms with van der Waals surface area (Å²) in [6.45, 7) is 3.86. The van der Waals surface area contributed by atoms with E-state index in [-0.39, 0.29) is 35.3 Å². The molecule has 0 bridgehead atoms. The van der Waals surface area contributed by atoms with Crippen molar-refractivity contribution in [2.75, 3.05) is 0 Å². The molecule has 0 saturated heterocycles. The van der Waals surface area contributed by atoms with Crippen LogP contribution in [0.5, 0.6) is 0 Å². The molecular weight excluding hydrogens is 390 g/mol. The molecule has 8 heteroatoms. The van der Waals surface area contributed by atoms with Gasteiger partial charge in [-0.2, -0.15) is 10.2 Å². The lowest BCUT2D eigenvalue weighted by molar-refractivity contribution is -0.122. The first-order valence-corrected chi connectivity index (χ1v) is 9.58. The van der Waals surface area contributed by atoms with Crippen LogP contribution in [0, 0.1) is 23.5 Å². The molecule has 2 amide bonds. The topological polar surface area (TPSA) is 82.9 Å². The zero-order valence-corrected chi connectivity index (χ0v) is 16.7. The average molecular weight is 412 g/mol. The number of carbonyl (C=O) groups is 2. The molecule has 2 heterocycles. The van der Waals surface area contributed by atoms with Gasteiger partial charge in [-0.3, -0.25) is 9.59 Å². The minimum atomic E-state index is -0.271. The molecule has 2 aromatic rings. The molecule has 4 rings (SSSR count). The fourth-order valence-corrected chi connectivity index (χ4v) is 3.25. The fraction of sp³-hybridized carbons (Fsp3) is 0.273. The largest absolute Gasteiger partial charge is 0.273 e. The van der Waals surface area contributed by atoms with Gasteiger partial charge in [0.1, 0.15) is 11.6 Å². The van der Waals surface area contributed by atoms with Gasteiger partial charge < -0.3 is 0 Å². The van der Waals surface area contributed by atoms with Gasteiger partial charge in [0.05, 0.1) is 11.4 Å². The van der Waals surface area contributed by atoms with E-state index in [9.17, 15) is 18.4 Å². The molecule has 2 N–H and O–H groups in total. The first-order valence-electron chi connectivity index (χ1n) is 9.58. The number of rotatable bonds is 2. The Morgan fingerprint density at radius 2 is 1.03 bits per heavy atom. The maximum absolute atomic E-state index is 12.7. The number of halogens is 2. The highest BCUT2D eigenvalue weighted by atomic mass is 19.1. The van der Waals surface area contributed by atoms with Crippen molar-refractivity contribution in [3.05, 3.63) is 71.3 Å². The third-order valence-corrected chi connectivity index (χ3v) is 4.80. The van der Waals surface area contributed by atoms with Crippen molar-refractivity contribution >= 4 is 23.2 Å². The lowest BCUT2D eigenvalue weighted by atomic mass is 9.94. The summed E-state index contributed by atoms with van der Waals surface area (Å²) >= 11 is 0. The summed E-state index contributed by atoms with van der Waals surface area (Å²) in [4.78, 5) is 22.1. The van der Waals surface area contributed by atoms with E-state index in [1.54, 1.807) is 24.3 Å². The number of benzene rings is 2. The number of hydrogen-bond acceptors (Lipinski definition) is 4. The normalized spacial score (nSPS) is 20.8. The van der Waals surface area contributed by atoms with Crippen LogP contribution in [0.4, 0.5) is 8.78 Å². The maximum Gasteiger partial charge on any atom is 0.240 e. The summed E-state index contributed by atoms with van der Waals surface area (Å²) in [5, 5.41) is 7.97. The standard InChI is InChI=1S/2C11H11FN2O/c2*1-7-6-10(15)13-14-11(7)8-2-4-9(12)5-3-8/h2*2-5,7H,6H2,1H3,(H,13,15)/t2*7-/m10/s1. The molecule has 2 aliphatic heterocycles. The molecule has 0 saturated carbocycles. The number of hydrogen-bond donors (Lipinski definition) is 2. The van der Waals surface area contributed by atoms with E-state index in [4.69, 9.17) is 0 Å². The van der Waals surface area contributed by atoms with Crippen LogP contribution in [0.15, 0.2) is 58.7 Å². The van der Waals surface area contributed by atoms with Crippen molar-refractivity contribution in [1.29, 1.82) is 0 Å². The zero-order valence-electron chi connectivity index (χ0n) is 16.7. The minimum absolute atomic E-state index is 0.0733. The summed E-state index contributed by atoms with van der Waals surface area (Å²) in [6, 6.07) is 12.2. The van der Waals surface area contributed by atoms with Crippen molar-refractivity contribution in [3.63, 3.8) is 0 Å². The summed E-state index contributed by atoms with van der Waals surface area (Å²) < 4.78 is 25.4. The van der Waals surface area contributed by atoms with Gasteiger partial charge in [-0.25, -0.2) is 19.6 Å². The van der Waals surface area contributed by atoms with Crippen LogP contribution in [0.3, 0.4) is 0 Å². The maximum atomic E-state index is 12.7. The Hall–Kier alpha value is -3.42. The van der Waals surface area contributed by atoms with E-state index in [1.807, 2.05) is 13.8 Å². The molecule has 2 atom stereocenters. The molecule has 2 aliphatic rings. The van der Waals surface area contributed by atoms with Gasteiger partial charge in [0, 0.05) is 24.7 Å². The highest BCUT2D eigenvalue weighted by molar-refractivity contribution is 6.06. The van der Waals surface area contributed by atoms with Crippen molar-refractivity contribution in [2.24, 2.45) is 22.0 Å². The van der Waals surface area contributed by atoms with Crippen LogP contribution in [0.2, 0.25) is 0 Å². The van der Waals surface area contributed by atoms with Gasteiger partial charge in [0.2, 0.25) is 11.8 Å². The van der Waals surface area contributed by atoms with Gasteiger partial charge in [0.25, 0.3) is 0 Å². The second-order valence-corrected chi connectivity index (χ2v) is 7.29. The monoisotopic (exact) mass is 412 g/mol. The number of nitrogens with one attached hydrogen (secondary N) is 2. The van der Waals surface area contributed by atoms with Crippen molar-refractivity contribution in [1.82, 2.24) is 10.9 Å². The van der Waals surface area contributed by atoms with E-state index < -0.39 is 0 Å². The lowest BCUT2D eigenvalue weighted by Crippen LogP contribution is -2.31. The average Bonchev–Trinajstić information content (AvgIpc) is 2.70. The van der Waals surface area contributed by atoms with Gasteiger partial charge in [-0.1, -0.05) is 38.1 Å². The molecule has 0 radical (unpaired) electrons. The molecular formula is C22H22F2N4O2. The Labute approximate surface area is 173 Å². The first-order chi connectivity index (χ1) is 14.3. The van der Waals surface area contributed by atoms with Crippen LogP contribution >= 0.6 is 0 Å².